The number of nitrogens with zero attached hydrogens (tertiary/aromatic N) is 2. The Kier molecular flexibility index (Phi) is 2.59. The van der Waals surface area contributed by atoms with E-state index in [1.165, 1.54) is 17.0 Å². The first-order valence-corrected chi connectivity index (χ1v) is 5.58. The molecular formula is C14H8F2N2O. The fourth-order valence-corrected chi connectivity index (χ4v) is 1.89. The van der Waals surface area contributed by atoms with Crippen LogP contribution in [0.25, 0.3) is 16.6 Å². The first-order chi connectivity index (χ1) is 9.16. The highest BCUT2D eigenvalue weighted by Crippen LogP contribution is 2.13. The van der Waals surface area contributed by atoms with Gasteiger partial charge >= 0.3 is 0 Å². The van der Waals surface area contributed by atoms with Gasteiger partial charge in [-0.25, -0.2) is 13.8 Å². The highest BCUT2D eigenvalue weighted by atomic mass is 19.2. The van der Waals surface area contributed by atoms with Gasteiger partial charge in [-0.3, -0.25) is 9.36 Å². The van der Waals surface area contributed by atoms with Crippen LogP contribution in [0.15, 0.2) is 53.6 Å². The third-order valence-electron chi connectivity index (χ3n) is 2.85. The number of hydrogen-bond acceptors (Lipinski definition) is 2. The molecule has 0 saturated heterocycles. The van der Waals surface area contributed by atoms with Crippen molar-refractivity contribution in [2.24, 2.45) is 0 Å². The molecule has 1 aromatic heterocycles. The van der Waals surface area contributed by atoms with Crippen LogP contribution in [0, 0.1) is 11.6 Å². The van der Waals surface area contributed by atoms with E-state index in [0.29, 0.717) is 10.9 Å². The van der Waals surface area contributed by atoms with Gasteiger partial charge < -0.3 is 0 Å². The fourth-order valence-electron chi connectivity index (χ4n) is 1.89. The molecule has 0 unspecified atom stereocenters. The first-order valence-electron chi connectivity index (χ1n) is 5.58. The number of halogens is 2. The maximum absolute atomic E-state index is 13.2. The molecule has 0 aliphatic rings. The van der Waals surface area contributed by atoms with E-state index in [2.05, 4.69) is 4.98 Å². The van der Waals surface area contributed by atoms with Crippen LogP contribution < -0.4 is 5.56 Å². The van der Waals surface area contributed by atoms with Gasteiger partial charge in [-0.1, -0.05) is 12.1 Å². The number of benzene rings is 2. The average molecular weight is 258 g/mol. The van der Waals surface area contributed by atoms with Crippen LogP contribution in [0.3, 0.4) is 0 Å². The summed E-state index contributed by atoms with van der Waals surface area (Å²) in [5, 5.41) is 0.426. The number of hydrogen-bond donors (Lipinski definition) is 0. The van der Waals surface area contributed by atoms with Gasteiger partial charge in [0.25, 0.3) is 5.56 Å². The first kappa shape index (κ1) is 11.5. The molecular weight excluding hydrogens is 250 g/mol. The van der Waals surface area contributed by atoms with Crippen LogP contribution in [0.2, 0.25) is 0 Å². The summed E-state index contributed by atoms with van der Waals surface area (Å²) in [7, 11) is 0. The molecule has 0 radical (unpaired) electrons. The Morgan fingerprint density at radius 3 is 2.58 bits per heavy atom. The lowest BCUT2D eigenvalue weighted by atomic mass is 10.2. The lowest BCUT2D eigenvalue weighted by Gasteiger charge is -2.06. The van der Waals surface area contributed by atoms with E-state index in [0.717, 1.165) is 12.1 Å². The molecule has 0 bridgehead atoms. The average Bonchev–Trinajstić information content (AvgIpc) is 2.43. The Morgan fingerprint density at radius 2 is 1.79 bits per heavy atom. The number of aromatic nitrogens is 2. The lowest BCUT2D eigenvalue weighted by Crippen LogP contribution is -2.18. The van der Waals surface area contributed by atoms with Gasteiger partial charge in [-0.05, 0) is 24.3 Å². The van der Waals surface area contributed by atoms with Gasteiger partial charge in [0, 0.05) is 6.07 Å². The molecule has 0 N–H and O–H groups in total. The predicted octanol–water partition coefficient (Wildman–Crippen LogP) is 2.66. The van der Waals surface area contributed by atoms with E-state index in [1.54, 1.807) is 24.3 Å². The fraction of sp³-hybridized carbons (Fsp3) is 0. The highest BCUT2D eigenvalue weighted by Gasteiger charge is 2.08. The standard InChI is InChI=1S/C14H8F2N2O/c15-11-6-5-9(7-12(11)16)18-8-17-13-4-2-1-3-10(13)14(18)19/h1-8H. The smallest absolute Gasteiger partial charge is 0.265 e. The zero-order valence-electron chi connectivity index (χ0n) is 9.68. The minimum Gasteiger partial charge on any atom is -0.268 e. The van der Waals surface area contributed by atoms with Crippen molar-refractivity contribution in [1.29, 1.82) is 0 Å². The van der Waals surface area contributed by atoms with Crippen LogP contribution in [0.4, 0.5) is 8.78 Å². The summed E-state index contributed by atoms with van der Waals surface area (Å²) in [6.45, 7) is 0. The van der Waals surface area contributed by atoms with Crippen molar-refractivity contribution in [2.45, 2.75) is 0 Å². The second-order valence-electron chi connectivity index (χ2n) is 4.04. The van der Waals surface area contributed by atoms with Crippen molar-refractivity contribution in [2.75, 3.05) is 0 Å². The third kappa shape index (κ3) is 1.89. The predicted molar refractivity (Wildman–Crippen MR) is 67.3 cm³/mol. The maximum atomic E-state index is 13.2. The van der Waals surface area contributed by atoms with E-state index in [4.69, 9.17) is 0 Å². The number of fused-ring (bicyclic) bond motifs is 1. The third-order valence-corrected chi connectivity index (χ3v) is 2.85. The van der Waals surface area contributed by atoms with Gasteiger partial charge in [0.2, 0.25) is 0 Å². The molecule has 0 fully saturated rings. The van der Waals surface area contributed by atoms with E-state index in [1.807, 2.05) is 0 Å². The molecule has 5 heteroatoms. The van der Waals surface area contributed by atoms with Crippen molar-refractivity contribution < 1.29 is 8.78 Å². The van der Waals surface area contributed by atoms with Crippen LogP contribution in [0.1, 0.15) is 0 Å². The zero-order valence-corrected chi connectivity index (χ0v) is 9.68. The van der Waals surface area contributed by atoms with E-state index in [-0.39, 0.29) is 11.2 Å². The summed E-state index contributed by atoms with van der Waals surface area (Å²) in [6.07, 6.45) is 1.30. The molecule has 3 aromatic rings. The molecule has 3 nitrogen and oxygen atoms in total. The SMILES string of the molecule is O=c1c2ccccc2ncn1-c1ccc(F)c(F)c1. The van der Waals surface area contributed by atoms with E-state index in [9.17, 15) is 13.6 Å². The molecule has 2 aromatic carbocycles. The van der Waals surface area contributed by atoms with Crippen molar-refractivity contribution in [1.82, 2.24) is 9.55 Å². The summed E-state index contributed by atoms with van der Waals surface area (Å²) >= 11 is 0. The normalized spacial score (nSPS) is 10.8. The minimum absolute atomic E-state index is 0.238. The Bertz CT molecular complexity index is 827. The largest absolute Gasteiger partial charge is 0.268 e. The number of rotatable bonds is 1. The second-order valence-corrected chi connectivity index (χ2v) is 4.04. The summed E-state index contributed by atoms with van der Waals surface area (Å²) < 4.78 is 27.3. The molecule has 94 valence electrons. The summed E-state index contributed by atoms with van der Waals surface area (Å²) in [5.74, 6) is -1.96. The number of para-hydroxylation sites is 1. The lowest BCUT2D eigenvalue weighted by molar-refractivity contribution is 0.508. The molecule has 0 aliphatic heterocycles. The molecule has 1 heterocycles. The minimum atomic E-state index is -1.00. The van der Waals surface area contributed by atoms with Gasteiger partial charge in [0.15, 0.2) is 11.6 Å². The van der Waals surface area contributed by atoms with Crippen LogP contribution in [-0.4, -0.2) is 9.55 Å². The summed E-state index contributed by atoms with van der Waals surface area (Å²) in [4.78, 5) is 16.3. The Labute approximate surface area is 106 Å². The molecule has 0 spiro atoms. The second kappa shape index (κ2) is 4.28. The van der Waals surface area contributed by atoms with Crippen molar-refractivity contribution in [3.05, 3.63) is 70.8 Å². The van der Waals surface area contributed by atoms with Crippen molar-refractivity contribution in [3.8, 4) is 5.69 Å². The topological polar surface area (TPSA) is 34.9 Å². The molecule has 3 rings (SSSR count). The summed E-state index contributed by atoms with van der Waals surface area (Å²) in [6, 6.07) is 10.1. The highest BCUT2D eigenvalue weighted by molar-refractivity contribution is 5.77. The van der Waals surface area contributed by atoms with E-state index < -0.39 is 11.6 Å². The Morgan fingerprint density at radius 1 is 1.00 bits per heavy atom. The Hall–Kier alpha value is -2.56. The van der Waals surface area contributed by atoms with Crippen LogP contribution >= 0.6 is 0 Å². The molecule has 0 aliphatic carbocycles. The molecule has 19 heavy (non-hydrogen) atoms. The van der Waals surface area contributed by atoms with Crippen molar-refractivity contribution >= 4 is 10.9 Å². The molecule has 0 atom stereocenters. The summed E-state index contributed by atoms with van der Waals surface area (Å²) in [5.41, 5.74) is 0.477. The van der Waals surface area contributed by atoms with Gasteiger partial charge in [-0.2, -0.15) is 0 Å². The van der Waals surface area contributed by atoms with Gasteiger partial charge in [0.05, 0.1) is 16.6 Å². The Balaban J connectivity index is 2.28. The van der Waals surface area contributed by atoms with E-state index >= 15 is 0 Å². The van der Waals surface area contributed by atoms with Gasteiger partial charge in [0.1, 0.15) is 6.33 Å². The molecule has 0 saturated carbocycles. The zero-order chi connectivity index (χ0) is 13.4. The maximum Gasteiger partial charge on any atom is 0.265 e. The van der Waals surface area contributed by atoms with Gasteiger partial charge in [-0.15, -0.1) is 0 Å². The molecule has 0 amide bonds. The van der Waals surface area contributed by atoms with Crippen LogP contribution in [-0.2, 0) is 0 Å². The van der Waals surface area contributed by atoms with Crippen molar-refractivity contribution in [3.63, 3.8) is 0 Å². The monoisotopic (exact) mass is 258 g/mol. The van der Waals surface area contributed by atoms with Crippen LogP contribution in [0.5, 0.6) is 0 Å². The quantitative estimate of drug-likeness (QED) is 0.672.